The zero-order chi connectivity index (χ0) is 19.3. The number of benzene rings is 1. The van der Waals surface area contributed by atoms with E-state index in [1.165, 1.54) is 23.5 Å². The van der Waals surface area contributed by atoms with Crippen molar-refractivity contribution in [1.82, 2.24) is 9.55 Å². The maximum atomic E-state index is 12.8. The number of fused-ring (bicyclic) bond motifs is 2. The molecule has 1 aromatic carbocycles. The maximum Gasteiger partial charge on any atom is 0.573 e. The Hall–Kier alpha value is -2.61. The third-order valence-corrected chi connectivity index (χ3v) is 5.76. The predicted molar refractivity (Wildman–Crippen MR) is 99.0 cm³/mol. The number of rotatable bonds is 2. The molecule has 0 amide bonds. The van der Waals surface area contributed by atoms with Crippen molar-refractivity contribution in [2.45, 2.75) is 33.2 Å². The van der Waals surface area contributed by atoms with Gasteiger partial charge in [-0.05, 0) is 43.5 Å². The molecule has 0 unspecified atom stereocenters. The highest BCUT2D eigenvalue weighted by Crippen LogP contribution is 2.34. The number of nitrogens with zero attached hydrogens (tertiary/aromatic N) is 2. The molecule has 4 rings (SSSR count). The van der Waals surface area contributed by atoms with Crippen LogP contribution in [-0.4, -0.2) is 15.9 Å². The Morgan fingerprint density at radius 2 is 2.00 bits per heavy atom. The molecule has 0 saturated heterocycles. The second kappa shape index (κ2) is 6.23. The van der Waals surface area contributed by atoms with E-state index in [2.05, 4.69) is 9.72 Å². The van der Waals surface area contributed by atoms with Crippen molar-refractivity contribution < 1.29 is 17.9 Å². The van der Waals surface area contributed by atoms with Crippen LogP contribution < -0.4 is 10.3 Å². The first-order valence-corrected chi connectivity index (χ1v) is 9.12. The quantitative estimate of drug-likeness (QED) is 0.622. The van der Waals surface area contributed by atoms with E-state index in [9.17, 15) is 18.0 Å². The number of hydrogen-bond donors (Lipinski definition) is 0. The van der Waals surface area contributed by atoms with Crippen LogP contribution in [0.25, 0.3) is 21.9 Å². The minimum absolute atomic E-state index is 0.0972. The fraction of sp³-hybridized carbons (Fsp3) is 0.263. The number of hydrogen-bond acceptors (Lipinski definition) is 4. The largest absolute Gasteiger partial charge is 0.573 e. The number of aryl methyl sites for hydroxylation is 2. The second-order valence-corrected chi connectivity index (χ2v) is 7.56. The number of ether oxygens (including phenoxy) is 1. The number of thiophene rings is 1. The van der Waals surface area contributed by atoms with Crippen molar-refractivity contribution in [3.05, 3.63) is 56.4 Å². The summed E-state index contributed by atoms with van der Waals surface area (Å²) in [5, 5.41) is 0.628. The van der Waals surface area contributed by atoms with Gasteiger partial charge in [0.25, 0.3) is 5.56 Å². The van der Waals surface area contributed by atoms with Crippen LogP contribution in [0.3, 0.4) is 0 Å². The molecule has 0 spiro atoms. The van der Waals surface area contributed by atoms with Gasteiger partial charge in [0.05, 0.1) is 5.39 Å². The number of halogens is 3. The SMILES string of the molecule is Cc1sc2nc3n(c(=O)c2c1C)CC/C3=C\c1ccccc1OC(F)(F)F. The van der Waals surface area contributed by atoms with Gasteiger partial charge in [0, 0.05) is 17.0 Å². The van der Waals surface area contributed by atoms with E-state index in [1.54, 1.807) is 22.8 Å². The summed E-state index contributed by atoms with van der Waals surface area (Å²) in [6, 6.07) is 5.94. The van der Waals surface area contributed by atoms with Crippen LogP contribution in [0.2, 0.25) is 0 Å². The highest BCUT2D eigenvalue weighted by molar-refractivity contribution is 7.18. The first kappa shape index (κ1) is 17.8. The molecule has 0 radical (unpaired) electrons. The molecule has 0 N–H and O–H groups in total. The van der Waals surface area contributed by atoms with E-state index in [1.807, 2.05) is 13.8 Å². The third-order valence-electron chi connectivity index (χ3n) is 4.66. The summed E-state index contributed by atoms with van der Waals surface area (Å²) in [5.74, 6) is 0.234. The smallest absolute Gasteiger partial charge is 0.405 e. The van der Waals surface area contributed by atoms with Gasteiger partial charge in [-0.2, -0.15) is 0 Å². The molecule has 1 aliphatic rings. The van der Waals surface area contributed by atoms with Crippen LogP contribution in [0.5, 0.6) is 5.75 Å². The van der Waals surface area contributed by atoms with Crippen molar-refractivity contribution in [1.29, 1.82) is 0 Å². The Morgan fingerprint density at radius 3 is 2.74 bits per heavy atom. The zero-order valence-corrected chi connectivity index (χ0v) is 15.4. The van der Waals surface area contributed by atoms with Gasteiger partial charge in [-0.3, -0.25) is 9.36 Å². The van der Waals surface area contributed by atoms with Crippen LogP contribution in [0.15, 0.2) is 29.1 Å². The molecule has 27 heavy (non-hydrogen) atoms. The fourth-order valence-corrected chi connectivity index (χ4v) is 4.29. The Labute approximate surface area is 156 Å². The summed E-state index contributed by atoms with van der Waals surface area (Å²) in [6.45, 7) is 4.30. The molecule has 0 bridgehead atoms. The molecule has 3 aromatic rings. The molecule has 0 atom stereocenters. The lowest BCUT2D eigenvalue weighted by atomic mass is 10.1. The fourth-order valence-electron chi connectivity index (χ4n) is 3.27. The summed E-state index contributed by atoms with van der Waals surface area (Å²) in [4.78, 5) is 19.2. The number of alkyl halides is 3. The number of para-hydroxylation sites is 1. The molecule has 0 aliphatic carbocycles. The average molecular weight is 392 g/mol. The Bertz CT molecular complexity index is 1140. The standard InChI is InChI=1S/C19H15F3N2O2S/c1-10-11(2)27-17-15(10)18(25)24-8-7-13(16(24)23-17)9-12-5-3-4-6-14(12)26-19(20,21)22/h3-6,9H,7-8H2,1-2H3/b13-9+. The topological polar surface area (TPSA) is 44.1 Å². The third kappa shape index (κ3) is 3.14. The molecule has 4 nitrogen and oxygen atoms in total. The summed E-state index contributed by atoms with van der Waals surface area (Å²) in [5.41, 5.74) is 1.85. The van der Waals surface area contributed by atoms with Gasteiger partial charge in [0.15, 0.2) is 0 Å². The lowest BCUT2D eigenvalue weighted by molar-refractivity contribution is -0.274. The minimum atomic E-state index is -4.77. The van der Waals surface area contributed by atoms with Crippen LogP contribution in [0, 0.1) is 13.8 Å². The monoisotopic (exact) mass is 392 g/mol. The van der Waals surface area contributed by atoms with Gasteiger partial charge in [-0.1, -0.05) is 18.2 Å². The molecule has 1 aliphatic heterocycles. The Balaban J connectivity index is 1.84. The molecule has 8 heteroatoms. The van der Waals surface area contributed by atoms with Gasteiger partial charge in [-0.15, -0.1) is 24.5 Å². The van der Waals surface area contributed by atoms with E-state index in [4.69, 9.17) is 0 Å². The Morgan fingerprint density at radius 1 is 1.26 bits per heavy atom. The van der Waals surface area contributed by atoms with Crippen molar-refractivity contribution in [2.24, 2.45) is 0 Å². The van der Waals surface area contributed by atoms with E-state index in [-0.39, 0.29) is 11.3 Å². The van der Waals surface area contributed by atoms with Crippen LogP contribution >= 0.6 is 11.3 Å². The first-order valence-electron chi connectivity index (χ1n) is 8.31. The molecule has 0 fully saturated rings. The maximum absolute atomic E-state index is 12.8. The predicted octanol–water partition coefficient (Wildman–Crippen LogP) is 4.92. The molecular weight excluding hydrogens is 377 g/mol. The van der Waals surface area contributed by atoms with Crippen LogP contribution in [-0.2, 0) is 6.54 Å². The zero-order valence-electron chi connectivity index (χ0n) is 14.6. The summed E-state index contributed by atoms with van der Waals surface area (Å²) in [7, 11) is 0. The van der Waals surface area contributed by atoms with Crippen molar-refractivity contribution in [3.63, 3.8) is 0 Å². The number of allylic oxidation sites excluding steroid dienone is 1. The molecule has 2 aromatic heterocycles. The van der Waals surface area contributed by atoms with E-state index in [0.717, 1.165) is 16.0 Å². The van der Waals surface area contributed by atoms with Crippen molar-refractivity contribution in [2.75, 3.05) is 0 Å². The summed E-state index contributed by atoms with van der Waals surface area (Å²) < 4.78 is 43.6. The first-order chi connectivity index (χ1) is 12.7. The van der Waals surface area contributed by atoms with Crippen molar-refractivity contribution in [3.8, 4) is 5.75 Å². The van der Waals surface area contributed by atoms with Gasteiger partial charge in [-0.25, -0.2) is 4.98 Å². The van der Waals surface area contributed by atoms with Gasteiger partial charge >= 0.3 is 6.36 Å². The normalized spacial score (nSPS) is 15.5. The van der Waals surface area contributed by atoms with E-state index in [0.29, 0.717) is 34.6 Å². The Kier molecular flexibility index (Phi) is 4.10. The number of aromatic nitrogens is 2. The highest BCUT2D eigenvalue weighted by atomic mass is 32.1. The van der Waals surface area contributed by atoms with Gasteiger partial charge in [0.2, 0.25) is 0 Å². The average Bonchev–Trinajstić information content (AvgIpc) is 3.10. The second-order valence-electron chi connectivity index (χ2n) is 6.36. The van der Waals surface area contributed by atoms with Crippen LogP contribution in [0.1, 0.15) is 28.2 Å². The van der Waals surface area contributed by atoms with Crippen LogP contribution in [0.4, 0.5) is 13.2 Å². The van der Waals surface area contributed by atoms with Gasteiger partial charge < -0.3 is 4.74 Å². The minimum Gasteiger partial charge on any atom is -0.405 e. The van der Waals surface area contributed by atoms with Crippen molar-refractivity contribution >= 4 is 33.2 Å². The lowest BCUT2D eigenvalue weighted by Gasteiger charge is -2.11. The summed E-state index contributed by atoms with van der Waals surface area (Å²) >= 11 is 1.45. The molecule has 0 saturated carbocycles. The van der Waals surface area contributed by atoms with Gasteiger partial charge in [0.1, 0.15) is 16.4 Å². The lowest BCUT2D eigenvalue weighted by Crippen LogP contribution is -2.20. The molecular formula is C19H15F3N2O2S. The van der Waals surface area contributed by atoms with E-state index >= 15 is 0 Å². The molecule has 140 valence electrons. The van der Waals surface area contributed by atoms with E-state index < -0.39 is 6.36 Å². The molecule has 3 heterocycles. The summed E-state index contributed by atoms with van der Waals surface area (Å²) in [6.07, 6.45) is -2.63. The highest BCUT2D eigenvalue weighted by Gasteiger charge is 2.32.